The van der Waals surface area contributed by atoms with Crippen LogP contribution in [-0.4, -0.2) is 29.5 Å². The molecular formula is C14H23N3. The van der Waals surface area contributed by atoms with Gasteiger partial charge in [0.2, 0.25) is 0 Å². The summed E-state index contributed by atoms with van der Waals surface area (Å²) in [5.74, 6) is 1.88. The van der Waals surface area contributed by atoms with Crippen LogP contribution in [0.5, 0.6) is 0 Å². The van der Waals surface area contributed by atoms with Gasteiger partial charge in [0.25, 0.3) is 0 Å². The average Bonchev–Trinajstić information content (AvgIpc) is 2.80. The van der Waals surface area contributed by atoms with Crippen molar-refractivity contribution in [2.24, 2.45) is 5.92 Å². The Morgan fingerprint density at radius 1 is 1.41 bits per heavy atom. The second-order valence-electron chi connectivity index (χ2n) is 4.88. The minimum Gasteiger partial charge on any atom is -0.370 e. The highest BCUT2D eigenvalue weighted by molar-refractivity contribution is 5.35. The van der Waals surface area contributed by atoms with Gasteiger partial charge in [-0.3, -0.25) is 4.90 Å². The molecule has 0 aliphatic carbocycles. The van der Waals surface area contributed by atoms with Gasteiger partial charge in [-0.15, -0.1) is 0 Å². The zero-order chi connectivity index (χ0) is 12.1. The number of hydrogen-bond donors (Lipinski definition) is 1. The van der Waals surface area contributed by atoms with Gasteiger partial charge in [-0.05, 0) is 37.4 Å². The molecule has 0 aromatic carbocycles. The number of likely N-dealkylation sites (tertiary alicyclic amines) is 1. The van der Waals surface area contributed by atoms with Crippen molar-refractivity contribution in [3.63, 3.8) is 0 Å². The molecule has 94 valence electrons. The topological polar surface area (TPSA) is 28.2 Å². The van der Waals surface area contributed by atoms with Gasteiger partial charge < -0.3 is 5.32 Å². The molecule has 17 heavy (non-hydrogen) atoms. The maximum absolute atomic E-state index is 4.41. The van der Waals surface area contributed by atoms with Crippen LogP contribution < -0.4 is 5.32 Å². The second-order valence-corrected chi connectivity index (χ2v) is 4.88. The Bertz CT molecular complexity index is 334. The van der Waals surface area contributed by atoms with E-state index in [2.05, 4.69) is 41.2 Å². The van der Waals surface area contributed by atoms with Gasteiger partial charge >= 0.3 is 0 Å². The van der Waals surface area contributed by atoms with Crippen LogP contribution >= 0.6 is 0 Å². The highest BCUT2D eigenvalue weighted by atomic mass is 15.1. The van der Waals surface area contributed by atoms with Crippen LogP contribution in [0.2, 0.25) is 0 Å². The number of anilines is 1. The lowest BCUT2D eigenvalue weighted by Gasteiger charge is -2.15. The van der Waals surface area contributed by atoms with Crippen LogP contribution in [0.3, 0.4) is 0 Å². The third-order valence-electron chi connectivity index (χ3n) is 3.54. The Morgan fingerprint density at radius 3 is 2.88 bits per heavy atom. The van der Waals surface area contributed by atoms with Crippen molar-refractivity contribution in [1.82, 2.24) is 9.88 Å². The lowest BCUT2D eigenvalue weighted by atomic mass is 10.1. The van der Waals surface area contributed by atoms with E-state index in [4.69, 9.17) is 0 Å². The van der Waals surface area contributed by atoms with Crippen molar-refractivity contribution in [2.75, 3.05) is 25.0 Å². The van der Waals surface area contributed by atoms with Crippen LogP contribution in [0.4, 0.5) is 5.82 Å². The first-order valence-electron chi connectivity index (χ1n) is 6.73. The van der Waals surface area contributed by atoms with E-state index in [0.29, 0.717) is 0 Å². The van der Waals surface area contributed by atoms with Crippen molar-refractivity contribution < 1.29 is 0 Å². The monoisotopic (exact) mass is 233 g/mol. The van der Waals surface area contributed by atoms with Crippen molar-refractivity contribution in [1.29, 1.82) is 0 Å². The number of pyridine rings is 1. The summed E-state index contributed by atoms with van der Waals surface area (Å²) in [5.41, 5.74) is 1.32. The standard InChI is InChI=1S/C14H23N3/c1-3-12-7-8-17(10-12)11-13-5-6-14(15-4-2)16-9-13/h5-6,9,12H,3-4,7-8,10-11H2,1-2H3,(H,15,16). The molecule has 1 unspecified atom stereocenters. The molecule has 1 atom stereocenters. The molecule has 0 saturated carbocycles. The summed E-state index contributed by atoms with van der Waals surface area (Å²) in [6, 6.07) is 4.26. The third kappa shape index (κ3) is 3.43. The Balaban J connectivity index is 1.86. The van der Waals surface area contributed by atoms with Gasteiger partial charge in [-0.25, -0.2) is 4.98 Å². The molecule has 0 bridgehead atoms. The largest absolute Gasteiger partial charge is 0.370 e. The number of rotatable bonds is 5. The fourth-order valence-corrected chi connectivity index (χ4v) is 2.45. The number of hydrogen-bond acceptors (Lipinski definition) is 3. The summed E-state index contributed by atoms with van der Waals surface area (Å²) in [4.78, 5) is 6.95. The van der Waals surface area contributed by atoms with E-state index in [1.165, 1.54) is 31.5 Å². The summed E-state index contributed by atoms with van der Waals surface area (Å²) >= 11 is 0. The summed E-state index contributed by atoms with van der Waals surface area (Å²) in [6.07, 6.45) is 4.67. The minimum atomic E-state index is 0.906. The molecule has 0 amide bonds. The smallest absolute Gasteiger partial charge is 0.125 e. The van der Waals surface area contributed by atoms with Crippen molar-refractivity contribution in [3.8, 4) is 0 Å². The SMILES string of the molecule is CCNc1ccc(CN2CCC(CC)C2)cn1. The van der Waals surface area contributed by atoms with Crippen LogP contribution in [0.25, 0.3) is 0 Å². The molecule has 0 spiro atoms. The van der Waals surface area contributed by atoms with E-state index in [-0.39, 0.29) is 0 Å². The third-order valence-corrected chi connectivity index (χ3v) is 3.54. The van der Waals surface area contributed by atoms with Crippen LogP contribution in [0.15, 0.2) is 18.3 Å². The van der Waals surface area contributed by atoms with E-state index in [0.717, 1.165) is 24.8 Å². The first-order chi connectivity index (χ1) is 8.31. The first kappa shape index (κ1) is 12.4. The van der Waals surface area contributed by atoms with E-state index < -0.39 is 0 Å². The zero-order valence-electron chi connectivity index (χ0n) is 10.9. The minimum absolute atomic E-state index is 0.906. The summed E-state index contributed by atoms with van der Waals surface area (Å²) < 4.78 is 0. The maximum atomic E-state index is 4.41. The van der Waals surface area contributed by atoms with Crippen molar-refractivity contribution in [2.45, 2.75) is 33.2 Å². The highest BCUT2D eigenvalue weighted by Crippen LogP contribution is 2.20. The summed E-state index contributed by atoms with van der Waals surface area (Å²) in [7, 11) is 0. The van der Waals surface area contributed by atoms with Crippen LogP contribution in [-0.2, 0) is 6.54 Å². The number of nitrogens with one attached hydrogen (secondary N) is 1. The molecule has 3 heteroatoms. The number of nitrogens with zero attached hydrogens (tertiary/aromatic N) is 2. The Kier molecular flexibility index (Phi) is 4.37. The average molecular weight is 233 g/mol. The van der Waals surface area contributed by atoms with Gasteiger partial charge in [-0.2, -0.15) is 0 Å². The molecule has 1 aliphatic heterocycles. The van der Waals surface area contributed by atoms with E-state index >= 15 is 0 Å². The van der Waals surface area contributed by atoms with Gasteiger partial charge in [0.1, 0.15) is 5.82 Å². The maximum Gasteiger partial charge on any atom is 0.125 e. The van der Waals surface area contributed by atoms with Crippen LogP contribution in [0, 0.1) is 5.92 Å². The zero-order valence-corrected chi connectivity index (χ0v) is 10.9. The normalized spacial score (nSPS) is 20.7. The van der Waals surface area contributed by atoms with Crippen LogP contribution in [0.1, 0.15) is 32.3 Å². The molecule has 1 aliphatic rings. The fraction of sp³-hybridized carbons (Fsp3) is 0.643. The Hall–Kier alpha value is -1.09. The molecule has 2 heterocycles. The lowest BCUT2D eigenvalue weighted by Crippen LogP contribution is -2.20. The van der Waals surface area contributed by atoms with Gasteiger partial charge in [0.05, 0.1) is 0 Å². The van der Waals surface area contributed by atoms with Gasteiger partial charge in [-0.1, -0.05) is 19.4 Å². The molecule has 3 nitrogen and oxygen atoms in total. The Labute approximate surface area is 104 Å². The van der Waals surface area contributed by atoms with Crippen molar-refractivity contribution in [3.05, 3.63) is 23.9 Å². The van der Waals surface area contributed by atoms with E-state index in [9.17, 15) is 0 Å². The van der Waals surface area contributed by atoms with E-state index in [1.54, 1.807) is 0 Å². The molecule has 1 saturated heterocycles. The van der Waals surface area contributed by atoms with Crippen molar-refractivity contribution >= 4 is 5.82 Å². The van der Waals surface area contributed by atoms with Gasteiger partial charge in [0.15, 0.2) is 0 Å². The summed E-state index contributed by atoms with van der Waals surface area (Å²) in [6.45, 7) is 8.86. The Morgan fingerprint density at radius 2 is 2.29 bits per heavy atom. The molecule has 1 fully saturated rings. The highest BCUT2D eigenvalue weighted by Gasteiger charge is 2.20. The molecule has 1 aromatic heterocycles. The molecular weight excluding hydrogens is 210 g/mol. The first-order valence-corrected chi connectivity index (χ1v) is 6.73. The molecule has 0 radical (unpaired) electrons. The lowest BCUT2D eigenvalue weighted by molar-refractivity contribution is 0.315. The van der Waals surface area contributed by atoms with E-state index in [1.807, 2.05) is 6.20 Å². The summed E-state index contributed by atoms with van der Waals surface area (Å²) in [5, 5.41) is 3.22. The molecule has 1 N–H and O–H groups in total. The van der Waals surface area contributed by atoms with Gasteiger partial charge in [0, 0.05) is 25.8 Å². The molecule has 2 rings (SSSR count). The number of aromatic nitrogens is 1. The second kappa shape index (κ2) is 6.01. The predicted molar refractivity (Wildman–Crippen MR) is 72.1 cm³/mol. The predicted octanol–water partition coefficient (Wildman–Crippen LogP) is 2.75. The molecule has 1 aromatic rings. The fourth-order valence-electron chi connectivity index (χ4n) is 2.45. The quantitative estimate of drug-likeness (QED) is 0.847.